The molecule has 24 heavy (non-hydrogen) atoms. The Hall–Kier alpha value is -0.520. The van der Waals surface area contributed by atoms with Crippen molar-refractivity contribution in [2.24, 2.45) is 0 Å². The summed E-state index contributed by atoms with van der Waals surface area (Å²) in [6.45, 7) is 1.40. The van der Waals surface area contributed by atoms with Crippen LogP contribution in [0.15, 0.2) is 18.2 Å². The number of hydrogen-bond donors (Lipinski definition) is 3. The molecule has 0 saturated carbocycles. The summed E-state index contributed by atoms with van der Waals surface area (Å²) in [7, 11) is 0. The van der Waals surface area contributed by atoms with E-state index in [2.05, 4.69) is 25.3 Å². The van der Waals surface area contributed by atoms with E-state index < -0.39 is 0 Å². The molecule has 0 aromatic heterocycles. The molecule has 1 N–H and O–H groups in total. The van der Waals surface area contributed by atoms with Gasteiger partial charge in [-0.2, -0.15) is 25.3 Å². The van der Waals surface area contributed by atoms with E-state index in [1.54, 1.807) is 0 Å². The van der Waals surface area contributed by atoms with Gasteiger partial charge in [-0.05, 0) is 54.9 Å². The molecule has 0 radical (unpaired) electrons. The van der Waals surface area contributed by atoms with Crippen molar-refractivity contribution in [1.29, 1.82) is 0 Å². The minimum atomic E-state index is -0.00253. The van der Waals surface area contributed by atoms with Gasteiger partial charge in [-0.3, -0.25) is 0 Å². The zero-order chi connectivity index (χ0) is 17.5. The number of aliphatic hydroxyl groups is 1. The van der Waals surface area contributed by atoms with Gasteiger partial charge in [0.25, 0.3) is 0 Å². The molecule has 0 unspecified atom stereocenters. The van der Waals surface area contributed by atoms with Crippen molar-refractivity contribution in [3.05, 3.63) is 23.8 Å². The minimum absolute atomic E-state index is 0.00253. The van der Waals surface area contributed by atoms with Gasteiger partial charge in [0, 0.05) is 6.07 Å². The van der Waals surface area contributed by atoms with Gasteiger partial charge in [0.1, 0.15) is 11.5 Å². The first kappa shape index (κ1) is 21.5. The van der Waals surface area contributed by atoms with Gasteiger partial charge in [0.2, 0.25) is 0 Å². The molecule has 1 rings (SSSR count). The maximum Gasteiger partial charge on any atom is 0.123 e. The summed E-state index contributed by atoms with van der Waals surface area (Å²) in [5.74, 6) is 3.46. The molecule has 0 saturated heterocycles. The molecule has 0 aliphatic rings. The molecule has 0 spiro atoms. The highest BCUT2D eigenvalue weighted by Crippen LogP contribution is 2.24. The van der Waals surface area contributed by atoms with Gasteiger partial charge in [0.05, 0.1) is 19.8 Å². The summed E-state index contributed by atoms with van der Waals surface area (Å²) in [5.41, 5.74) is 0.827. The SMILES string of the molecule is OCc1cc(OCCCCCCS)cc(OCCCCCCS)c1. The lowest BCUT2D eigenvalue weighted by Gasteiger charge is -2.12. The van der Waals surface area contributed by atoms with E-state index in [4.69, 9.17) is 9.47 Å². The standard InChI is InChI=1S/C19H32O3S2/c20-16-17-13-18(21-9-5-1-3-7-11-23)15-19(14-17)22-10-6-2-4-8-12-24/h13-15,20,23-24H,1-12,16H2. The molecule has 5 heteroatoms. The molecule has 0 fully saturated rings. The lowest BCUT2D eigenvalue weighted by molar-refractivity contribution is 0.271. The predicted molar refractivity (Wildman–Crippen MR) is 108 cm³/mol. The molecule has 1 aromatic rings. The number of unbranched alkanes of at least 4 members (excludes halogenated alkanes) is 6. The summed E-state index contributed by atoms with van der Waals surface area (Å²) < 4.78 is 11.6. The average Bonchev–Trinajstić information content (AvgIpc) is 2.61. The van der Waals surface area contributed by atoms with Gasteiger partial charge in [-0.1, -0.05) is 25.7 Å². The van der Waals surface area contributed by atoms with Crippen molar-refractivity contribution >= 4 is 25.3 Å². The van der Waals surface area contributed by atoms with Crippen molar-refractivity contribution in [3.8, 4) is 11.5 Å². The van der Waals surface area contributed by atoms with Crippen LogP contribution in [0.2, 0.25) is 0 Å². The Morgan fingerprint density at radius 3 is 1.54 bits per heavy atom. The van der Waals surface area contributed by atoms with Gasteiger partial charge >= 0.3 is 0 Å². The zero-order valence-electron chi connectivity index (χ0n) is 14.6. The summed E-state index contributed by atoms with van der Waals surface area (Å²) in [5, 5.41) is 9.40. The van der Waals surface area contributed by atoms with Crippen molar-refractivity contribution < 1.29 is 14.6 Å². The number of aliphatic hydroxyl groups excluding tert-OH is 1. The molecular formula is C19H32O3S2. The Morgan fingerprint density at radius 2 is 1.12 bits per heavy atom. The highest BCUT2D eigenvalue weighted by molar-refractivity contribution is 7.80. The van der Waals surface area contributed by atoms with Crippen molar-refractivity contribution in [2.75, 3.05) is 24.7 Å². The first-order chi connectivity index (χ1) is 11.8. The normalized spacial score (nSPS) is 10.8. The summed E-state index contributed by atoms with van der Waals surface area (Å²) in [6.07, 6.45) is 9.13. The Labute approximate surface area is 158 Å². The largest absolute Gasteiger partial charge is 0.493 e. The third kappa shape index (κ3) is 10.4. The van der Waals surface area contributed by atoms with E-state index in [1.165, 1.54) is 12.8 Å². The highest BCUT2D eigenvalue weighted by atomic mass is 32.1. The lowest BCUT2D eigenvalue weighted by Crippen LogP contribution is -2.01. The maximum atomic E-state index is 9.40. The van der Waals surface area contributed by atoms with Crippen LogP contribution in [-0.4, -0.2) is 29.8 Å². The summed E-state index contributed by atoms with van der Waals surface area (Å²) >= 11 is 8.43. The summed E-state index contributed by atoms with van der Waals surface area (Å²) in [6, 6.07) is 5.68. The van der Waals surface area contributed by atoms with Crippen LogP contribution in [-0.2, 0) is 6.61 Å². The molecule has 0 aliphatic carbocycles. The van der Waals surface area contributed by atoms with Crippen molar-refractivity contribution in [3.63, 3.8) is 0 Å². The lowest BCUT2D eigenvalue weighted by atomic mass is 10.2. The van der Waals surface area contributed by atoms with E-state index in [1.807, 2.05) is 18.2 Å². The van der Waals surface area contributed by atoms with Crippen molar-refractivity contribution in [2.45, 2.75) is 58.0 Å². The third-order valence-corrected chi connectivity index (χ3v) is 4.40. The van der Waals surface area contributed by atoms with E-state index in [0.717, 1.165) is 67.1 Å². The highest BCUT2D eigenvalue weighted by Gasteiger charge is 2.03. The number of benzene rings is 1. The third-order valence-electron chi connectivity index (χ3n) is 3.76. The fourth-order valence-corrected chi connectivity index (χ4v) is 2.85. The topological polar surface area (TPSA) is 38.7 Å². The van der Waals surface area contributed by atoms with Crippen LogP contribution in [0.1, 0.15) is 56.9 Å². The molecule has 0 aliphatic heterocycles. The van der Waals surface area contributed by atoms with E-state index in [9.17, 15) is 5.11 Å². The van der Waals surface area contributed by atoms with E-state index >= 15 is 0 Å². The Balaban J connectivity index is 2.34. The molecule has 1 aromatic carbocycles. The first-order valence-electron chi connectivity index (χ1n) is 9.02. The van der Waals surface area contributed by atoms with E-state index in [-0.39, 0.29) is 6.61 Å². The van der Waals surface area contributed by atoms with Crippen LogP contribution in [0.4, 0.5) is 0 Å². The second-order valence-electron chi connectivity index (χ2n) is 5.94. The monoisotopic (exact) mass is 372 g/mol. The Morgan fingerprint density at radius 1 is 0.667 bits per heavy atom. The molecule has 0 bridgehead atoms. The molecule has 138 valence electrons. The molecule has 3 nitrogen and oxygen atoms in total. The quantitative estimate of drug-likeness (QED) is 0.302. The van der Waals surface area contributed by atoms with E-state index in [0.29, 0.717) is 13.2 Å². The Kier molecular flexibility index (Phi) is 13.3. The zero-order valence-corrected chi connectivity index (χ0v) is 16.4. The number of hydrogen-bond acceptors (Lipinski definition) is 5. The molecule has 0 amide bonds. The predicted octanol–water partition coefficient (Wildman–Crippen LogP) is 4.92. The van der Waals surface area contributed by atoms with Gasteiger partial charge in [-0.15, -0.1) is 0 Å². The van der Waals surface area contributed by atoms with Crippen LogP contribution >= 0.6 is 25.3 Å². The first-order valence-corrected chi connectivity index (χ1v) is 10.3. The number of thiol groups is 2. The second-order valence-corrected chi connectivity index (χ2v) is 6.84. The van der Waals surface area contributed by atoms with Crippen LogP contribution in [0.3, 0.4) is 0 Å². The second kappa shape index (κ2) is 14.8. The van der Waals surface area contributed by atoms with Gasteiger partial charge < -0.3 is 14.6 Å². The average molecular weight is 373 g/mol. The molecule has 0 heterocycles. The fourth-order valence-electron chi connectivity index (χ4n) is 2.40. The molecular weight excluding hydrogens is 340 g/mol. The van der Waals surface area contributed by atoms with Crippen LogP contribution in [0, 0.1) is 0 Å². The van der Waals surface area contributed by atoms with Crippen LogP contribution in [0.25, 0.3) is 0 Å². The van der Waals surface area contributed by atoms with Crippen LogP contribution < -0.4 is 9.47 Å². The minimum Gasteiger partial charge on any atom is -0.493 e. The molecule has 0 atom stereocenters. The van der Waals surface area contributed by atoms with Gasteiger partial charge in [0.15, 0.2) is 0 Å². The van der Waals surface area contributed by atoms with Crippen LogP contribution in [0.5, 0.6) is 11.5 Å². The fraction of sp³-hybridized carbons (Fsp3) is 0.684. The Bertz CT molecular complexity index is 393. The maximum absolute atomic E-state index is 9.40. The smallest absolute Gasteiger partial charge is 0.123 e. The summed E-state index contributed by atoms with van der Waals surface area (Å²) in [4.78, 5) is 0. The van der Waals surface area contributed by atoms with Crippen molar-refractivity contribution in [1.82, 2.24) is 0 Å². The van der Waals surface area contributed by atoms with Gasteiger partial charge in [-0.25, -0.2) is 0 Å². The number of ether oxygens (including phenoxy) is 2. The number of rotatable bonds is 15.